The van der Waals surface area contributed by atoms with Crippen LogP contribution in [0.1, 0.15) is 12.5 Å². The molecule has 0 atom stereocenters. The lowest BCUT2D eigenvalue weighted by Gasteiger charge is -2.35. The number of carbonyl (C=O) groups excluding carboxylic acids is 1. The lowest BCUT2D eigenvalue weighted by Crippen LogP contribution is -2.45. The summed E-state index contributed by atoms with van der Waals surface area (Å²) in [5.74, 6) is -0.0536. The predicted molar refractivity (Wildman–Crippen MR) is 127 cm³/mol. The van der Waals surface area contributed by atoms with Crippen molar-refractivity contribution in [2.75, 3.05) is 74.4 Å². The number of hydrogen-bond donors (Lipinski definition) is 2. The first-order chi connectivity index (χ1) is 15.5. The normalized spacial score (nSPS) is 17.3. The monoisotopic (exact) mass is 439 g/mol. The van der Waals surface area contributed by atoms with Crippen LogP contribution in [0.2, 0.25) is 0 Å². The first-order valence-electron chi connectivity index (χ1n) is 11.2. The molecule has 2 fully saturated rings. The highest BCUT2D eigenvalue weighted by molar-refractivity contribution is 5.74. The largest absolute Gasteiger partial charge is 0.378 e. The van der Waals surface area contributed by atoms with Gasteiger partial charge in [0.25, 0.3) is 0 Å². The van der Waals surface area contributed by atoms with Gasteiger partial charge in [0.15, 0.2) is 0 Å². The second-order valence-electron chi connectivity index (χ2n) is 8.44. The Hall–Kier alpha value is -2.81. The van der Waals surface area contributed by atoms with Crippen LogP contribution in [0.4, 0.5) is 22.7 Å². The molecule has 172 valence electrons. The number of benzene rings is 2. The van der Waals surface area contributed by atoms with E-state index >= 15 is 0 Å². The first kappa shape index (κ1) is 22.4. The minimum absolute atomic E-state index is 0.0536. The molecule has 0 radical (unpaired) electrons. The van der Waals surface area contributed by atoms with Gasteiger partial charge in [0.1, 0.15) is 0 Å². The average Bonchev–Trinajstić information content (AvgIpc) is 2.83. The molecule has 1 amide bonds. The van der Waals surface area contributed by atoms with Crippen molar-refractivity contribution in [3.63, 3.8) is 0 Å². The Bertz CT molecular complexity index is 924. The van der Waals surface area contributed by atoms with Crippen LogP contribution < -0.4 is 20.2 Å². The van der Waals surface area contributed by atoms with E-state index in [1.165, 1.54) is 12.0 Å². The number of likely N-dealkylation sites (N-methyl/N-ethyl adjacent to an activating group) is 1. The zero-order valence-corrected chi connectivity index (χ0v) is 19.0. The number of nitrogens with one attached hydrogen (secondary N) is 1. The van der Waals surface area contributed by atoms with Crippen molar-refractivity contribution in [2.45, 2.75) is 13.5 Å². The highest BCUT2D eigenvalue weighted by atomic mass is 16.5. The zero-order valence-electron chi connectivity index (χ0n) is 19.0. The minimum atomic E-state index is -0.0536. The summed E-state index contributed by atoms with van der Waals surface area (Å²) in [5.41, 5.74) is 4.58. The Kier molecular flexibility index (Phi) is 7.14. The Morgan fingerprint density at radius 3 is 2.44 bits per heavy atom. The average molecular weight is 440 g/mol. The number of hydrogen-bond acceptors (Lipinski definition) is 7. The smallest absolute Gasteiger partial charge is 0.217 e. The molecular formula is C24H33N5O3. The molecule has 32 heavy (non-hydrogen) atoms. The second-order valence-corrected chi connectivity index (χ2v) is 8.44. The van der Waals surface area contributed by atoms with Crippen molar-refractivity contribution in [1.82, 2.24) is 10.2 Å². The van der Waals surface area contributed by atoms with Gasteiger partial charge in [-0.3, -0.25) is 10.0 Å². The number of amides is 1. The van der Waals surface area contributed by atoms with Crippen molar-refractivity contribution in [3.05, 3.63) is 48.0 Å². The van der Waals surface area contributed by atoms with Gasteiger partial charge in [-0.15, -0.1) is 0 Å². The fraction of sp³-hybridized carbons (Fsp3) is 0.458. The van der Waals surface area contributed by atoms with E-state index in [0.717, 1.165) is 69.4 Å². The summed E-state index contributed by atoms with van der Waals surface area (Å²) in [6.07, 6.45) is 0. The Labute approximate surface area is 189 Å². The zero-order chi connectivity index (χ0) is 22.5. The van der Waals surface area contributed by atoms with E-state index in [1.807, 2.05) is 36.4 Å². The number of carbonyl (C=O) groups is 1. The van der Waals surface area contributed by atoms with Crippen LogP contribution in [0.3, 0.4) is 0 Å². The maximum absolute atomic E-state index is 11.5. The highest BCUT2D eigenvalue weighted by Gasteiger charge is 2.20. The molecule has 8 heteroatoms. The molecular weight excluding hydrogens is 406 g/mol. The third-order valence-corrected chi connectivity index (χ3v) is 6.14. The van der Waals surface area contributed by atoms with Gasteiger partial charge < -0.3 is 24.8 Å². The van der Waals surface area contributed by atoms with Crippen LogP contribution in [0, 0.1) is 0 Å². The number of piperazine rings is 1. The van der Waals surface area contributed by atoms with Crippen molar-refractivity contribution in [3.8, 4) is 0 Å². The SMILES string of the molecule is CC(=O)NCc1ccc(N(O)c2cccc(N3CCOCC3)c2)cc1N1CCN(C)CC1. The molecule has 2 saturated heterocycles. The second kappa shape index (κ2) is 10.2. The number of rotatable bonds is 6. The summed E-state index contributed by atoms with van der Waals surface area (Å²) < 4.78 is 5.46. The van der Waals surface area contributed by atoms with Crippen LogP contribution in [0.25, 0.3) is 0 Å². The number of nitrogens with zero attached hydrogens (tertiary/aromatic N) is 4. The molecule has 0 unspecified atom stereocenters. The molecule has 0 aliphatic carbocycles. The van der Waals surface area contributed by atoms with Crippen molar-refractivity contribution < 1.29 is 14.7 Å². The molecule has 0 bridgehead atoms. The van der Waals surface area contributed by atoms with Crippen molar-refractivity contribution in [1.29, 1.82) is 0 Å². The summed E-state index contributed by atoms with van der Waals surface area (Å²) in [6, 6.07) is 13.9. The molecule has 0 saturated carbocycles. The van der Waals surface area contributed by atoms with Crippen LogP contribution in [-0.2, 0) is 16.1 Å². The summed E-state index contributed by atoms with van der Waals surface area (Å²) in [4.78, 5) is 18.4. The molecule has 2 aromatic carbocycles. The predicted octanol–water partition coefficient (Wildman–Crippen LogP) is 2.44. The molecule has 2 N–H and O–H groups in total. The van der Waals surface area contributed by atoms with Gasteiger partial charge in [0.05, 0.1) is 24.6 Å². The molecule has 8 nitrogen and oxygen atoms in total. The van der Waals surface area contributed by atoms with E-state index in [9.17, 15) is 10.0 Å². The van der Waals surface area contributed by atoms with E-state index in [-0.39, 0.29) is 5.91 Å². The Morgan fingerprint density at radius 2 is 1.72 bits per heavy atom. The van der Waals surface area contributed by atoms with Crippen LogP contribution in [0.5, 0.6) is 0 Å². The van der Waals surface area contributed by atoms with Gasteiger partial charge in [0.2, 0.25) is 5.91 Å². The van der Waals surface area contributed by atoms with Gasteiger partial charge in [0, 0.05) is 64.1 Å². The summed E-state index contributed by atoms with van der Waals surface area (Å²) >= 11 is 0. The maximum Gasteiger partial charge on any atom is 0.217 e. The first-order valence-corrected chi connectivity index (χ1v) is 11.2. The number of anilines is 4. The molecule has 2 aromatic rings. The van der Waals surface area contributed by atoms with E-state index in [2.05, 4.69) is 33.1 Å². The summed E-state index contributed by atoms with van der Waals surface area (Å²) in [7, 11) is 2.13. The van der Waals surface area contributed by atoms with E-state index in [0.29, 0.717) is 17.9 Å². The van der Waals surface area contributed by atoms with Crippen LogP contribution in [0.15, 0.2) is 42.5 Å². The third kappa shape index (κ3) is 5.32. The van der Waals surface area contributed by atoms with E-state index < -0.39 is 0 Å². The van der Waals surface area contributed by atoms with E-state index in [4.69, 9.17) is 4.74 Å². The van der Waals surface area contributed by atoms with Crippen LogP contribution >= 0.6 is 0 Å². The number of ether oxygens (including phenoxy) is 1. The lowest BCUT2D eigenvalue weighted by molar-refractivity contribution is -0.119. The van der Waals surface area contributed by atoms with Gasteiger partial charge in [-0.1, -0.05) is 12.1 Å². The van der Waals surface area contributed by atoms with Crippen LogP contribution in [-0.4, -0.2) is 75.5 Å². The van der Waals surface area contributed by atoms with Gasteiger partial charge in [-0.2, -0.15) is 0 Å². The van der Waals surface area contributed by atoms with E-state index in [1.54, 1.807) is 0 Å². The molecule has 4 rings (SSSR count). The summed E-state index contributed by atoms with van der Waals surface area (Å²) in [5, 5.41) is 15.2. The van der Waals surface area contributed by atoms with Crippen molar-refractivity contribution >= 4 is 28.7 Å². The molecule has 0 spiro atoms. The van der Waals surface area contributed by atoms with Crippen molar-refractivity contribution in [2.24, 2.45) is 0 Å². The van der Waals surface area contributed by atoms with Gasteiger partial charge in [-0.25, -0.2) is 5.06 Å². The van der Waals surface area contributed by atoms with Gasteiger partial charge in [-0.05, 0) is 42.9 Å². The Balaban J connectivity index is 1.59. The fourth-order valence-electron chi connectivity index (χ4n) is 4.19. The van der Waals surface area contributed by atoms with Gasteiger partial charge >= 0.3 is 0 Å². The maximum atomic E-state index is 11.5. The number of morpholine rings is 1. The minimum Gasteiger partial charge on any atom is -0.378 e. The topological polar surface area (TPSA) is 71.5 Å². The molecule has 2 aliphatic rings. The molecule has 2 aliphatic heterocycles. The quantitative estimate of drug-likeness (QED) is 0.670. The Morgan fingerprint density at radius 1 is 1.00 bits per heavy atom. The molecule has 2 heterocycles. The standard InChI is InChI=1S/C24H33N5O3/c1-19(30)25-18-20-6-7-23(17-24(20)28-10-8-26(2)9-11-28)29(31)22-5-3-4-21(16-22)27-12-14-32-15-13-27/h3-7,16-17,31H,8-15,18H2,1-2H3,(H,25,30). The summed E-state index contributed by atoms with van der Waals surface area (Å²) in [6.45, 7) is 8.91. The lowest BCUT2D eigenvalue weighted by atomic mass is 10.1. The molecule has 0 aromatic heterocycles. The third-order valence-electron chi connectivity index (χ3n) is 6.14. The highest BCUT2D eigenvalue weighted by Crippen LogP contribution is 2.32. The fourth-order valence-corrected chi connectivity index (χ4v) is 4.19.